The second-order valence-electron chi connectivity index (χ2n) is 4.88. The van der Waals surface area contributed by atoms with Crippen LogP contribution in [-0.4, -0.2) is 16.1 Å². The van der Waals surface area contributed by atoms with E-state index in [9.17, 15) is 23.1 Å². The minimum absolute atomic E-state index is 0.368. The molecule has 0 unspecified atom stereocenters. The molecule has 1 aliphatic carbocycles. The summed E-state index contributed by atoms with van der Waals surface area (Å²) < 4.78 is 37.3. The van der Waals surface area contributed by atoms with E-state index in [-0.39, 0.29) is 0 Å². The number of carboxylic acid groups (broad SMARTS) is 1. The molecule has 1 heterocycles. The van der Waals surface area contributed by atoms with E-state index in [1.807, 2.05) is 0 Å². The number of hydrogen-bond acceptors (Lipinski definition) is 2. The van der Waals surface area contributed by atoms with Gasteiger partial charge in [0.2, 0.25) is 0 Å². The Morgan fingerprint density at radius 3 is 2.26 bits per heavy atom. The Morgan fingerprint density at radius 1 is 1.21 bits per heavy atom. The molecule has 0 aromatic carbocycles. The summed E-state index contributed by atoms with van der Waals surface area (Å²) in [5.74, 6) is -0.978. The van der Waals surface area contributed by atoms with Crippen LogP contribution in [0.15, 0.2) is 18.3 Å². The molecule has 1 aliphatic rings. The lowest BCUT2D eigenvalue weighted by Crippen LogP contribution is -2.38. The van der Waals surface area contributed by atoms with E-state index in [2.05, 4.69) is 4.98 Å². The first-order valence-corrected chi connectivity index (χ1v) is 6.13. The fourth-order valence-electron chi connectivity index (χ4n) is 2.63. The zero-order valence-corrected chi connectivity index (χ0v) is 10.2. The molecule has 0 radical (unpaired) electrons. The van der Waals surface area contributed by atoms with Gasteiger partial charge < -0.3 is 5.11 Å². The summed E-state index contributed by atoms with van der Waals surface area (Å²) in [6.07, 6.45) is -0.0295. The maximum atomic E-state index is 12.4. The third-order valence-electron chi connectivity index (χ3n) is 3.72. The van der Waals surface area contributed by atoms with Crippen molar-refractivity contribution in [3.05, 3.63) is 29.6 Å². The summed E-state index contributed by atoms with van der Waals surface area (Å²) in [4.78, 5) is 14.9. The number of hydrogen-bond donors (Lipinski definition) is 1. The van der Waals surface area contributed by atoms with Crippen LogP contribution in [0.25, 0.3) is 0 Å². The van der Waals surface area contributed by atoms with Crippen LogP contribution in [0.3, 0.4) is 0 Å². The highest BCUT2D eigenvalue weighted by Gasteiger charge is 2.42. The van der Waals surface area contributed by atoms with E-state index in [1.54, 1.807) is 0 Å². The molecule has 0 saturated heterocycles. The van der Waals surface area contributed by atoms with Crippen molar-refractivity contribution < 1.29 is 23.1 Å². The molecular formula is C13H14F3NO2. The van der Waals surface area contributed by atoms with Crippen LogP contribution < -0.4 is 0 Å². The normalized spacial score (nSPS) is 19.1. The molecule has 0 aliphatic heterocycles. The molecule has 1 N–H and O–H groups in total. The number of pyridine rings is 1. The van der Waals surface area contributed by atoms with E-state index in [1.165, 1.54) is 6.07 Å². The second-order valence-corrected chi connectivity index (χ2v) is 4.88. The van der Waals surface area contributed by atoms with Crippen LogP contribution in [0.5, 0.6) is 0 Å². The average molecular weight is 273 g/mol. The van der Waals surface area contributed by atoms with Gasteiger partial charge in [0.05, 0.1) is 5.41 Å². The van der Waals surface area contributed by atoms with E-state index in [4.69, 9.17) is 0 Å². The first-order valence-electron chi connectivity index (χ1n) is 6.13. The largest absolute Gasteiger partial charge is 0.481 e. The summed E-state index contributed by atoms with van der Waals surface area (Å²) in [7, 11) is 0. The summed E-state index contributed by atoms with van der Waals surface area (Å²) in [6.45, 7) is 0. The van der Waals surface area contributed by atoms with Gasteiger partial charge in [-0.05, 0) is 24.5 Å². The van der Waals surface area contributed by atoms with Crippen molar-refractivity contribution in [3.63, 3.8) is 0 Å². The smallest absolute Gasteiger partial charge is 0.433 e. The van der Waals surface area contributed by atoms with E-state index < -0.39 is 23.3 Å². The van der Waals surface area contributed by atoms with Crippen molar-refractivity contribution in [1.82, 2.24) is 4.98 Å². The predicted octanol–water partition coefficient (Wildman–Crippen LogP) is 3.39. The van der Waals surface area contributed by atoms with E-state index >= 15 is 0 Å². The van der Waals surface area contributed by atoms with Gasteiger partial charge in [-0.25, -0.2) is 0 Å². The molecule has 1 aromatic rings. The number of aromatic nitrogens is 1. The monoisotopic (exact) mass is 273 g/mol. The Kier molecular flexibility index (Phi) is 3.52. The Balaban J connectivity index is 2.36. The predicted molar refractivity (Wildman–Crippen MR) is 61.6 cm³/mol. The number of carboxylic acids is 1. The third-order valence-corrected chi connectivity index (χ3v) is 3.72. The molecule has 6 heteroatoms. The van der Waals surface area contributed by atoms with Gasteiger partial charge in [-0.15, -0.1) is 0 Å². The number of aliphatic carboxylic acids is 1. The zero-order valence-electron chi connectivity index (χ0n) is 10.2. The molecule has 0 atom stereocenters. The number of alkyl halides is 3. The quantitative estimate of drug-likeness (QED) is 0.898. The van der Waals surface area contributed by atoms with Gasteiger partial charge in [0, 0.05) is 6.20 Å². The molecule has 1 aromatic heterocycles. The maximum absolute atomic E-state index is 12.4. The van der Waals surface area contributed by atoms with Gasteiger partial charge in [0.25, 0.3) is 0 Å². The van der Waals surface area contributed by atoms with Crippen LogP contribution in [0, 0.1) is 0 Å². The molecule has 19 heavy (non-hydrogen) atoms. The average Bonchev–Trinajstić information content (AvgIpc) is 2.38. The highest BCUT2D eigenvalue weighted by atomic mass is 19.4. The number of nitrogens with zero attached hydrogens (tertiary/aromatic N) is 1. The van der Waals surface area contributed by atoms with Crippen molar-refractivity contribution in [2.24, 2.45) is 0 Å². The molecular weight excluding hydrogens is 259 g/mol. The lowest BCUT2D eigenvalue weighted by molar-refractivity contribution is -0.145. The van der Waals surface area contributed by atoms with Crippen molar-refractivity contribution in [2.45, 2.75) is 43.7 Å². The van der Waals surface area contributed by atoms with Crippen molar-refractivity contribution in [2.75, 3.05) is 0 Å². The van der Waals surface area contributed by atoms with Gasteiger partial charge in [-0.3, -0.25) is 9.78 Å². The molecule has 1 fully saturated rings. The SMILES string of the molecule is O=C(O)C1(c2ccc(C(F)(F)F)nc2)CCCCC1. The van der Waals surface area contributed by atoms with Crippen molar-refractivity contribution >= 4 is 5.97 Å². The fraction of sp³-hybridized carbons (Fsp3) is 0.538. The lowest BCUT2D eigenvalue weighted by Gasteiger charge is -2.33. The lowest BCUT2D eigenvalue weighted by atomic mass is 9.70. The van der Waals surface area contributed by atoms with Gasteiger partial charge in [-0.2, -0.15) is 13.2 Å². The summed E-state index contributed by atoms with van der Waals surface area (Å²) in [5, 5.41) is 9.42. The molecule has 2 rings (SSSR count). The molecule has 0 spiro atoms. The zero-order chi connectivity index (χ0) is 14.1. The highest BCUT2D eigenvalue weighted by molar-refractivity contribution is 5.81. The Morgan fingerprint density at radius 2 is 1.84 bits per heavy atom. The van der Waals surface area contributed by atoms with Crippen molar-refractivity contribution in [3.8, 4) is 0 Å². The molecule has 3 nitrogen and oxygen atoms in total. The molecule has 1 saturated carbocycles. The van der Waals surface area contributed by atoms with E-state index in [0.29, 0.717) is 18.4 Å². The second kappa shape index (κ2) is 4.83. The first-order chi connectivity index (χ1) is 8.86. The maximum Gasteiger partial charge on any atom is 0.433 e. The summed E-state index contributed by atoms with van der Waals surface area (Å²) >= 11 is 0. The minimum Gasteiger partial charge on any atom is -0.481 e. The van der Waals surface area contributed by atoms with Crippen LogP contribution in [0.4, 0.5) is 13.2 Å². The minimum atomic E-state index is -4.50. The molecule has 0 amide bonds. The molecule has 104 valence electrons. The third kappa shape index (κ3) is 2.57. The molecule has 0 bridgehead atoms. The Bertz CT molecular complexity index is 462. The van der Waals surface area contributed by atoms with Gasteiger partial charge in [0.15, 0.2) is 0 Å². The first kappa shape index (κ1) is 13.8. The standard InChI is InChI=1S/C13H14F3NO2/c14-13(15,16)10-5-4-9(8-17-10)12(11(18)19)6-2-1-3-7-12/h4-5,8H,1-3,6-7H2,(H,18,19). The van der Waals surface area contributed by atoms with Crippen LogP contribution in [-0.2, 0) is 16.4 Å². The Labute approximate surface area is 108 Å². The number of halogens is 3. The van der Waals surface area contributed by atoms with Crippen LogP contribution >= 0.6 is 0 Å². The number of carbonyl (C=O) groups is 1. The fourth-order valence-corrected chi connectivity index (χ4v) is 2.63. The van der Waals surface area contributed by atoms with Crippen LogP contribution in [0.1, 0.15) is 43.4 Å². The van der Waals surface area contributed by atoms with Gasteiger partial charge in [0.1, 0.15) is 5.69 Å². The Hall–Kier alpha value is -1.59. The summed E-state index contributed by atoms with van der Waals surface area (Å²) in [5.41, 5.74) is -1.70. The van der Waals surface area contributed by atoms with Gasteiger partial charge >= 0.3 is 12.1 Å². The number of rotatable bonds is 2. The highest BCUT2D eigenvalue weighted by Crippen LogP contribution is 2.40. The van der Waals surface area contributed by atoms with Crippen LogP contribution in [0.2, 0.25) is 0 Å². The van der Waals surface area contributed by atoms with Crippen molar-refractivity contribution in [1.29, 1.82) is 0 Å². The van der Waals surface area contributed by atoms with E-state index in [0.717, 1.165) is 31.5 Å². The topological polar surface area (TPSA) is 50.2 Å². The van der Waals surface area contributed by atoms with Gasteiger partial charge in [-0.1, -0.05) is 25.3 Å². The summed E-state index contributed by atoms with van der Waals surface area (Å²) in [6, 6.07) is 2.10.